The van der Waals surface area contributed by atoms with Crippen LogP contribution in [0.1, 0.15) is 36.2 Å². The van der Waals surface area contributed by atoms with E-state index in [9.17, 15) is 9.59 Å². The molecule has 0 unspecified atom stereocenters. The van der Waals surface area contributed by atoms with E-state index in [4.69, 9.17) is 5.73 Å². The molecule has 134 valence electrons. The quantitative estimate of drug-likeness (QED) is 0.904. The molecule has 0 bridgehead atoms. The van der Waals surface area contributed by atoms with E-state index in [0.717, 1.165) is 12.0 Å². The zero-order valence-electron chi connectivity index (χ0n) is 14.7. The molecule has 1 aromatic rings. The van der Waals surface area contributed by atoms with Crippen LogP contribution in [0.5, 0.6) is 0 Å². The minimum Gasteiger partial charge on any atom is -0.340 e. The molecule has 1 saturated heterocycles. The first kappa shape index (κ1) is 20.5. The molecule has 0 radical (unpaired) electrons. The summed E-state index contributed by atoms with van der Waals surface area (Å²) in [6, 6.07) is 7.17. The number of nitrogens with zero attached hydrogens (tertiary/aromatic N) is 2. The van der Waals surface area contributed by atoms with Gasteiger partial charge in [-0.25, -0.2) is 0 Å². The van der Waals surface area contributed by atoms with Crippen LogP contribution < -0.4 is 5.73 Å². The summed E-state index contributed by atoms with van der Waals surface area (Å²) in [4.78, 5) is 28.6. The highest BCUT2D eigenvalue weighted by molar-refractivity contribution is 5.94. The van der Waals surface area contributed by atoms with Gasteiger partial charge in [0.15, 0.2) is 0 Å². The maximum Gasteiger partial charge on any atom is 0.253 e. The number of carbonyl (C=O) groups is 2. The summed E-state index contributed by atoms with van der Waals surface area (Å²) in [7, 11) is 0. The van der Waals surface area contributed by atoms with Crippen molar-refractivity contribution in [3.8, 4) is 0 Å². The van der Waals surface area contributed by atoms with Gasteiger partial charge < -0.3 is 15.5 Å². The molecule has 5 nitrogen and oxygen atoms in total. The number of hydrogen-bond donors (Lipinski definition) is 1. The highest BCUT2D eigenvalue weighted by Gasteiger charge is 2.27. The van der Waals surface area contributed by atoms with E-state index in [2.05, 4.69) is 0 Å². The third-order valence-corrected chi connectivity index (χ3v) is 4.36. The Hall–Kier alpha value is -1.59. The number of amides is 2. The van der Waals surface area contributed by atoms with E-state index in [1.54, 1.807) is 4.90 Å². The number of carbonyl (C=O) groups excluding carboxylic acids is 2. The van der Waals surface area contributed by atoms with Crippen molar-refractivity contribution < 1.29 is 9.59 Å². The van der Waals surface area contributed by atoms with Gasteiger partial charge in [0.25, 0.3) is 5.91 Å². The van der Waals surface area contributed by atoms with E-state index >= 15 is 0 Å². The number of benzene rings is 1. The highest BCUT2D eigenvalue weighted by atomic mass is 35.5. The van der Waals surface area contributed by atoms with Gasteiger partial charge in [0, 0.05) is 31.7 Å². The molecule has 1 aliphatic rings. The van der Waals surface area contributed by atoms with Gasteiger partial charge in [-0.3, -0.25) is 9.59 Å². The zero-order chi connectivity index (χ0) is 17.0. The number of halogens is 1. The SMILES string of the molecule is Cc1cccc(C(=O)N2CCCN(C(=O)[C@@H](N)C(C)C)CC2)c1.Cl. The average Bonchev–Trinajstić information content (AvgIpc) is 2.78. The number of aryl methyl sites for hydroxylation is 1. The summed E-state index contributed by atoms with van der Waals surface area (Å²) >= 11 is 0. The molecule has 2 N–H and O–H groups in total. The fraction of sp³-hybridized carbons (Fsp3) is 0.556. The van der Waals surface area contributed by atoms with Gasteiger partial charge in [-0.2, -0.15) is 0 Å². The third kappa shape index (κ3) is 4.95. The summed E-state index contributed by atoms with van der Waals surface area (Å²) in [5.74, 6) is 0.150. The Labute approximate surface area is 150 Å². The molecule has 2 amide bonds. The lowest BCUT2D eigenvalue weighted by atomic mass is 10.0. The Morgan fingerprint density at radius 1 is 1.08 bits per heavy atom. The molecule has 24 heavy (non-hydrogen) atoms. The number of hydrogen-bond acceptors (Lipinski definition) is 3. The van der Waals surface area contributed by atoms with Gasteiger partial charge in [0.1, 0.15) is 0 Å². The van der Waals surface area contributed by atoms with Gasteiger partial charge in [-0.05, 0) is 31.4 Å². The standard InChI is InChI=1S/C18H27N3O2.ClH/c1-13(2)16(19)18(23)21-9-5-8-20(10-11-21)17(22)15-7-4-6-14(3)12-15;/h4,6-7,12-13,16H,5,8-11,19H2,1-3H3;1H/t16-;/m0./s1. The molecule has 1 atom stereocenters. The van der Waals surface area contributed by atoms with E-state index in [0.29, 0.717) is 31.7 Å². The highest BCUT2D eigenvalue weighted by Crippen LogP contribution is 2.12. The molecular weight excluding hydrogens is 326 g/mol. The van der Waals surface area contributed by atoms with E-state index < -0.39 is 6.04 Å². The van der Waals surface area contributed by atoms with Crippen molar-refractivity contribution in [2.24, 2.45) is 11.7 Å². The summed E-state index contributed by atoms with van der Waals surface area (Å²) in [5.41, 5.74) is 7.76. The van der Waals surface area contributed by atoms with E-state index in [1.165, 1.54) is 0 Å². The summed E-state index contributed by atoms with van der Waals surface area (Å²) < 4.78 is 0. The van der Waals surface area contributed by atoms with Crippen LogP contribution in [0.3, 0.4) is 0 Å². The van der Waals surface area contributed by atoms with Crippen molar-refractivity contribution in [2.75, 3.05) is 26.2 Å². The lowest BCUT2D eigenvalue weighted by molar-refractivity contribution is -0.133. The summed E-state index contributed by atoms with van der Waals surface area (Å²) in [6.07, 6.45) is 0.786. The predicted molar refractivity (Wildman–Crippen MR) is 98.3 cm³/mol. The lowest BCUT2D eigenvalue weighted by Crippen LogP contribution is -2.47. The molecule has 2 rings (SSSR count). The predicted octanol–water partition coefficient (Wildman–Crippen LogP) is 2.07. The van der Waals surface area contributed by atoms with Gasteiger partial charge in [-0.1, -0.05) is 31.5 Å². The van der Waals surface area contributed by atoms with E-state index in [1.807, 2.05) is 49.9 Å². The molecule has 0 spiro atoms. The largest absolute Gasteiger partial charge is 0.340 e. The molecule has 6 heteroatoms. The molecule has 1 heterocycles. The second kappa shape index (κ2) is 9.04. The van der Waals surface area contributed by atoms with Crippen LogP contribution in [0, 0.1) is 12.8 Å². The summed E-state index contributed by atoms with van der Waals surface area (Å²) in [6.45, 7) is 8.33. The molecule has 0 aromatic heterocycles. The Balaban J connectivity index is 0.00000288. The van der Waals surface area contributed by atoms with Crippen molar-refractivity contribution in [3.05, 3.63) is 35.4 Å². The second-order valence-corrected chi connectivity index (χ2v) is 6.61. The maximum absolute atomic E-state index is 12.6. The van der Waals surface area contributed by atoms with Gasteiger partial charge >= 0.3 is 0 Å². The van der Waals surface area contributed by atoms with Crippen LogP contribution in [0.25, 0.3) is 0 Å². The van der Waals surface area contributed by atoms with Crippen molar-refractivity contribution in [1.82, 2.24) is 9.80 Å². The average molecular weight is 354 g/mol. The van der Waals surface area contributed by atoms with Crippen molar-refractivity contribution in [2.45, 2.75) is 33.2 Å². The fourth-order valence-electron chi connectivity index (χ4n) is 2.80. The number of nitrogens with two attached hydrogens (primary N) is 1. The third-order valence-electron chi connectivity index (χ3n) is 4.36. The zero-order valence-corrected chi connectivity index (χ0v) is 15.5. The Bertz CT molecular complexity index is 577. The van der Waals surface area contributed by atoms with Gasteiger partial charge in [0.05, 0.1) is 6.04 Å². The summed E-state index contributed by atoms with van der Waals surface area (Å²) in [5, 5.41) is 0. The molecule has 0 aliphatic carbocycles. The Kier molecular flexibility index (Phi) is 7.70. The minimum atomic E-state index is -0.464. The van der Waals surface area contributed by atoms with Crippen molar-refractivity contribution >= 4 is 24.2 Å². The van der Waals surface area contributed by atoms with Crippen LogP contribution in [-0.4, -0.2) is 53.8 Å². The second-order valence-electron chi connectivity index (χ2n) is 6.61. The minimum absolute atomic E-state index is 0. The fourth-order valence-corrected chi connectivity index (χ4v) is 2.80. The van der Waals surface area contributed by atoms with Crippen LogP contribution in [0.4, 0.5) is 0 Å². The van der Waals surface area contributed by atoms with Crippen LogP contribution in [0.2, 0.25) is 0 Å². The van der Waals surface area contributed by atoms with Crippen molar-refractivity contribution in [3.63, 3.8) is 0 Å². The molecule has 1 fully saturated rings. The molecular formula is C18H28ClN3O2. The van der Waals surface area contributed by atoms with Gasteiger partial charge in [0.2, 0.25) is 5.91 Å². The first-order valence-corrected chi connectivity index (χ1v) is 8.30. The topological polar surface area (TPSA) is 66.6 Å². The lowest BCUT2D eigenvalue weighted by Gasteiger charge is -2.26. The first-order chi connectivity index (χ1) is 10.9. The Morgan fingerprint density at radius 3 is 2.33 bits per heavy atom. The van der Waals surface area contributed by atoms with Crippen LogP contribution in [-0.2, 0) is 4.79 Å². The van der Waals surface area contributed by atoms with Crippen molar-refractivity contribution in [1.29, 1.82) is 0 Å². The Morgan fingerprint density at radius 2 is 1.71 bits per heavy atom. The maximum atomic E-state index is 12.6. The molecule has 0 saturated carbocycles. The van der Waals surface area contributed by atoms with Crippen LogP contribution >= 0.6 is 12.4 Å². The molecule has 1 aromatic carbocycles. The van der Waals surface area contributed by atoms with Gasteiger partial charge in [-0.15, -0.1) is 12.4 Å². The molecule has 1 aliphatic heterocycles. The number of rotatable bonds is 3. The monoisotopic (exact) mass is 353 g/mol. The smallest absolute Gasteiger partial charge is 0.253 e. The normalized spacial score (nSPS) is 16.4. The first-order valence-electron chi connectivity index (χ1n) is 8.30. The van der Waals surface area contributed by atoms with Crippen LogP contribution in [0.15, 0.2) is 24.3 Å². The van der Waals surface area contributed by atoms with E-state index in [-0.39, 0.29) is 30.1 Å².